The number of allylic oxidation sites excluding steroid dienone is 3. The molecular weight excluding hydrogens is 246 g/mol. The zero-order chi connectivity index (χ0) is 13.8. The summed E-state index contributed by atoms with van der Waals surface area (Å²) in [5, 5.41) is 0. The summed E-state index contributed by atoms with van der Waals surface area (Å²) in [5.74, 6) is 0.693. The summed E-state index contributed by atoms with van der Waals surface area (Å²) in [5.41, 5.74) is 4.61. The van der Waals surface area contributed by atoms with E-state index in [0.29, 0.717) is 12.5 Å². The van der Waals surface area contributed by atoms with Gasteiger partial charge in [0.1, 0.15) is 6.61 Å². The number of fused-ring (bicyclic) bond motifs is 1. The van der Waals surface area contributed by atoms with Crippen molar-refractivity contribution >= 4 is 5.57 Å². The summed E-state index contributed by atoms with van der Waals surface area (Å²) >= 11 is 0. The smallest absolute Gasteiger partial charge is 0.213 e. The molecule has 0 spiro atoms. The zero-order valence-corrected chi connectivity index (χ0v) is 11.4. The monoisotopic (exact) mass is 263 g/mol. The molecule has 0 unspecified atom stereocenters. The summed E-state index contributed by atoms with van der Waals surface area (Å²) in [7, 11) is 0. The molecule has 2 heteroatoms. The van der Waals surface area contributed by atoms with Crippen LogP contribution in [0.4, 0.5) is 0 Å². The third-order valence-electron chi connectivity index (χ3n) is 3.45. The van der Waals surface area contributed by atoms with Gasteiger partial charge in [-0.2, -0.15) is 0 Å². The lowest BCUT2D eigenvalue weighted by molar-refractivity contribution is 0.293. The predicted octanol–water partition coefficient (Wildman–Crippen LogP) is 4.18. The number of aromatic nitrogens is 1. The molecule has 0 amide bonds. The normalized spacial score (nSPS) is 13.3. The van der Waals surface area contributed by atoms with Gasteiger partial charge in [0.2, 0.25) is 5.88 Å². The summed E-state index contributed by atoms with van der Waals surface area (Å²) in [6, 6.07) is 14.2. The fourth-order valence-electron chi connectivity index (χ4n) is 2.41. The van der Waals surface area contributed by atoms with Crippen LogP contribution in [0.15, 0.2) is 61.2 Å². The Morgan fingerprint density at radius 3 is 2.80 bits per heavy atom. The van der Waals surface area contributed by atoms with Gasteiger partial charge in [-0.15, -0.1) is 0 Å². The minimum Gasteiger partial charge on any atom is -0.473 e. The van der Waals surface area contributed by atoms with E-state index in [1.807, 2.05) is 30.3 Å². The van der Waals surface area contributed by atoms with E-state index < -0.39 is 0 Å². The first-order valence-electron chi connectivity index (χ1n) is 6.86. The van der Waals surface area contributed by atoms with E-state index >= 15 is 0 Å². The third kappa shape index (κ3) is 2.64. The van der Waals surface area contributed by atoms with Gasteiger partial charge in [0.15, 0.2) is 0 Å². The Labute approximate surface area is 119 Å². The van der Waals surface area contributed by atoms with Crippen molar-refractivity contribution in [3.8, 4) is 5.88 Å². The molecule has 0 aliphatic heterocycles. The average molecular weight is 263 g/mol. The molecule has 1 heterocycles. The molecule has 1 aromatic heterocycles. The second-order valence-corrected chi connectivity index (χ2v) is 4.82. The lowest BCUT2D eigenvalue weighted by Crippen LogP contribution is -2.04. The van der Waals surface area contributed by atoms with Crippen LogP contribution in [0.5, 0.6) is 5.88 Å². The van der Waals surface area contributed by atoms with Gasteiger partial charge in [0.05, 0.1) is 5.69 Å². The van der Waals surface area contributed by atoms with Gasteiger partial charge in [-0.3, -0.25) is 0 Å². The number of rotatable bonds is 4. The summed E-state index contributed by atoms with van der Waals surface area (Å²) < 4.78 is 5.77. The van der Waals surface area contributed by atoms with Crippen LogP contribution in [0.3, 0.4) is 0 Å². The molecule has 0 saturated carbocycles. The van der Waals surface area contributed by atoms with Crippen LogP contribution in [0.25, 0.3) is 5.57 Å². The first kappa shape index (κ1) is 12.7. The van der Waals surface area contributed by atoms with Crippen LogP contribution >= 0.6 is 0 Å². The Morgan fingerprint density at radius 2 is 2.00 bits per heavy atom. The van der Waals surface area contributed by atoms with Crippen molar-refractivity contribution < 1.29 is 4.74 Å². The number of hydrogen-bond acceptors (Lipinski definition) is 2. The van der Waals surface area contributed by atoms with Gasteiger partial charge in [-0.05, 0) is 30.0 Å². The number of aryl methyl sites for hydroxylation is 1. The third-order valence-corrected chi connectivity index (χ3v) is 3.45. The largest absolute Gasteiger partial charge is 0.473 e. The topological polar surface area (TPSA) is 22.1 Å². The maximum Gasteiger partial charge on any atom is 0.213 e. The second kappa shape index (κ2) is 5.74. The molecule has 0 radical (unpaired) electrons. The van der Waals surface area contributed by atoms with Crippen molar-refractivity contribution in [2.45, 2.75) is 19.4 Å². The van der Waals surface area contributed by atoms with Crippen LogP contribution in [0.1, 0.15) is 23.2 Å². The molecule has 3 rings (SSSR count). The van der Waals surface area contributed by atoms with Crippen molar-refractivity contribution in [3.63, 3.8) is 0 Å². The lowest BCUT2D eigenvalue weighted by atomic mass is 9.95. The molecule has 0 N–H and O–H groups in total. The highest BCUT2D eigenvalue weighted by atomic mass is 16.5. The molecule has 2 aromatic rings. The lowest BCUT2D eigenvalue weighted by Gasteiger charge is -2.15. The quantitative estimate of drug-likeness (QED) is 0.825. The van der Waals surface area contributed by atoms with Crippen molar-refractivity contribution in [2.75, 3.05) is 0 Å². The van der Waals surface area contributed by atoms with Crippen LogP contribution in [-0.2, 0) is 13.0 Å². The van der Waals surface area contributed by atoms with E-state index in [4.69, 9.17) is 4.74 Å². The zero-order valence-electron chi connectivity index (χ0n) is 11.4. The van der Waals surface area contributed by atoms with Gasteiger partial charge in [-0.1, -0.05) is 49.1 Å². The first-order valence-corrected chi connectivity index (χ1v) is 6.86. The fraction of sp³-hybridized carbons (Fsp3) is 0.167. The van der Waals surface area contributed by atoms with Crippen molar-refractivity contribution in [1.29, 1.82) is 0 Å². The van der Waals surface area contributed by atoms with E-state index in [1.165, 1.54) is 11.1 Å². The van der Waals surface area contributed by atoms with Gasteiger partial charge in [0.25, 0.3) is 0 Å². The Hall–Kier alpha value is -2.35. The van der Waals surface area contributed by atoms with Crippen molar-refractivity contribution in [2.24, 2.45) is 0 Å². The Morgan fingerprint density at radius 1 is 1.15 bits per heavy atom. The molecule has 0 atom stereocenters. The summed E-state index contributed by atoms with van der Waals surface area (Å²) in [4.78, 5) is 4.62. The fourth-order valence-corrected chi connectivity index (χ4v) is 2.41. The van der Waals surface area contributed by atoms with E-state index in [0.717, 1.165) is 24.1 Å². The minimum atomic E-state index is 0.552. The molecule has 2 nitrogen and oxygen atoms in total. The predicted molar refractivity (Wildman–Crippen MR) is 81.5 cm³/mol. The summed E-state index contributed by atoms with van der Waals surface area (Å²) in [6.45, 7) is 4.41. The Kier molecular flexibility index (Phi) is 3.64. The van der Waals surface area contributed by atoms with Crippen molar-refractivity contribution in [3.05, 3.63) is 78.0 Å². The number of hydrogen-bond donors (Lipinski definition) is 0. The first-order chi connectivity index (χ1) is 9.86. The number of nitrogens with zero attached hydrogens (tertiary/aromatic N) is 1. The average Bonchev–Trinajstić information content (AvgIpc) is 2.53. The van der Waals surface area contributed by atoms with E-state index in [-0.39, 0.29) is 0 Å². The molecular formula is C18H17NO. The molecule has 1 aliphatic rings. The molecule has 20 heavy (non-hydrogen) atoms. The van der Waals surface area contributed by atoms with Gasteiger partial charge < -0.3 is 4.74 Å². The molecule has 0 saturated heterocycles. The van der Waals surface area contributed by atoms with Gasteiger partial charge in [-0.25, -0.2) is 4.98 Å². The van der Waals surface area contributed by atoms with Crippen LogP contribution in [0, 0.1) is 0 Å². The van der Waals surface area contributed by atoms with Crippen LogP contribution < -0.4 is 4.74 Å². The highest BCUT2D eigenvalue weighted by Gasteiger charge is 2.12. The SMILES string of the molecule is C=CC1=CCCc2nc(OCc3ccccc3)ccc21. The molecule has 100 valence electrons. The van der Waals surface area contributed by atoms with E-state index in [2.05, 4.69) is 35.8 Å². The van der Waals surface area contributed by atoms with Crippen LogP contribution in [-0.4, -0.2) is 4.98 Å². The highest BCUT2D eigenvalue weighted by Crippen LogP contribution is 2.27. The number of benzene rings is 1. The highest BCUT2D eigenvalue weighted by molar-refractivity contribution is 5.76. The molecule has 0 bridgehead atoms. The Bertz CT molecular complexity index is 644. The number of ether oxygens (including phenoxy) is 1. The Balaban J connectivity index is 1.76. The molecule has 1 aliphatic carbocycles. The molecule has 1 aromatic carbocycles. The second-order valence-electron chi connectivity index (χ2n) is 4.82. The standard InChI is InChI=1S/C18H17NO/c1-2-15-9-6-10-17-16(15)11-12-18(19-17)20-13-14-7-4-3-5-8-14/h2-5,7-9,11-12H,1,6,10,13H2. The maximum atomic E-state index is 5.77. The molecule has 0 fully saturated rings. The number of pyridine rings is 1. The van der Waals surface area contributed by atoms with Crippen molar-refractivity contribution in [1.82, 2.24) is 4.98 Å². The van der Waals surface area contributed by atoms with E-state index in [1.54, 1.807) is 0 Å². The van der Waals surface area contributed by atoms with Crippen LogP contribution in [0.2, 0.25) is 0 Å². The minimum absolute atomic E-state index is 0.552. The van der Waals surface area contributed by atoms with E-state index in [9.17, 15) is 0 Å². The summed E-state index contributed by atoms with van der Waals surface area (Å²) in [6.07, 6.45) is 6.09. The van der Waals surface area contributed by atoms with Gasteiger partial charge in [0, 0.05) is 11.6 Å². The van der Waals surface area contributed by atoms with Gasteiger partial charge >= 0.3 is 0 Å². The maximum absolute atomic E-state index is 5.77.